The lowest BCUT2D eigenvalue weighted by Crippen LogP contribution is -2.33. The van der Waals surface area contributed by atoms with Crippen LogP contribution >= 0.6 is 11.8 Å². The molecule has 2 rings (SSSR count). The van der Waals surface area contributed by atoms with E-state index in [4.69, 9.17) is 10.5 Å². The van der Waals surface area contributed by atoms with Crippen LogP contribution in [0.2, 0.25) is 0 Å². The molecule has 1 aliphatic rings. The second kappa shape index (κ2) is 6.11. The Morgan fingerprint density at radius 1 is 1.50 bits per heavy atom. The first kappa shape index (κ1) is 13.2. The first-order valence-corrected chi connectivity index (χ1v) is 6.98. The number of amides is 1. The van der Waals surface area contributed by atoms with Crippen molar-refractivity contribution in [3.05, 3.63) is 24.3 Å². The number of likely N-dealkylation sites (tertiary alicyclic amines) is 1. The van der Waals surface area contributed by atoms with Crippen LogP contribution in [0.4, 0.5) is 0 Å². The Bertz CT molecular complexity index is 408. The van der Waals surface area contributed by atoms with Crippen LogP contribution in [0, 0.1) is 0 Å². The Labute approximate surface area is 111 Å². The number of hydrogen-bond donors (Lipinski definition) is 1. The number of thioether (sulfide) groups is 1. The number of carbonyl (C=O) groups excluding carboxylic acids is 1. The van der Waals surface area contributed by atoms with E-state index in [0.717, 1.165) is 23.6 Å². The summed E-state index contributed by atoms with van der Waals surface area (Å²) in [6.07, 6.45) is 0.916. The summed E-state index contributed by atoms with van der Waals surface area (Å²) < 4.78 is 5.09. The van der Waals surface area contributed by atoms with E-state index in [9.17, 15) is 4.79 Å². The first-order valence-electron chi connectivity index (χ1n) is 5.99. The van der Waals surface area contributed by atoms with Crippen molar-refractivity contribution >= 4 is 17.7 Å². The highest BCUT2D eigenvalue weighted by Gasteiger charge is 2.23. The highest BCUT2D eigenvalue weighted by atomic mass is 32.2. The van der Waals surface area contributed by atoms with Gasteiger partial charge in [-0.25, -0.2) is 0 Å². The molecule has 0 bridgehead atoms. The predicted molar refractivity (Wildman–Crippen MR) is 72.9 cm³/mol. The number of rotatable bonds is 4. The molecular weight excluding hydrogens is 248 g/mol. The fourth-order valence-corrected chi connectivity index (χ4v) is 2.72. The van der Waals surface area contributed by atoms with Gasteiger partial charge in [-0.2, -0.15) is 0 Å². The van der Waals surface area contributed by atoms with Crippen LogP contribution < -0.4 is 10.5 Å². The molecule has 0 spiro atoms. The molecule has 0 saturated carbocycles. The fourth-order valence-electron chi connectivity index (χ4n) is 1.92. The second-order valence-electron chi connectivity index (χ2n) is 4.35. The molecular formula is C13H18N2O2S. The maximum atomic E-state index is 11.9. The summed E-state index contributed by atoms with van der Waals surface area (Å²) in [6, 6.07) is 7.89. The molecule has 1 aromatic rings. The number of carbonyl (C=O) groups is 1. The smallest absolute Gasteiger partial charge is 0.232 e. The van der Waals surface area contributed by atoms with E-state index in [1.807, 2.05) is 29.2 Å². The van der Waals surface area contributed by atoms with E-state index in [1.54, 1.807) is 18.9 Å². The normalized spacial score (nSPS) is 19.0. The minimum Gasteiger partial charge on any atom is -0.497 e. The van der Waals surface area contributed by atoms with E-state index < -0.39 is 0 Å². The van der Waals surface area contributed by atoms with E-state index >= 15 is 0 Å². The van der Waals surface area contributed by atoms with Crippen LogP contribution in [-0.2, 0) is 4.79 Å². The number of nitrogens with zero attached hydrogens (tertiary/aromatic N) is 1. The van der Waals surface area contributed by atoms with Gasteiger partial charge in [-0.3, -0.25) is 4.79 Å². The van der Waals surface area contributed by atoms with Crippen molar-refractivity contribution in [1.29, 1.82) is 0 Å². The third-order valence-electron chi connectivity index (χ3n) is 3.00. The molecule has 5 heteroatoms. The standard InChI is InChI=1S/C13H18N2O2S/c1-17-11-2-4-12(5-3-11)18-9-13(16)15-7-6-10(14)8-15/h2-5,10H,6-9,14H2,1H3/t10-/m1/s1. The predicted octanol–water partition coefficient (Wildman–Crippen LogP) is 1.35. The van der Waals surface area contributed by atoms with E-state index in [1.165, 1.54) is 0 Å². The maximum Gasteiger partial charge on any atom is 0.232 e. The Kier molecular flexibility index (Phi) is 4.49. The fraction of sp³-hybridized carbons (Fsp3) is 0.462. The molecule has 2 N–H and O–H groups in total. The van der Waals surface area contributed by atoms with Gasteiger partial charge in [-0.15, -0.1) is 11.8 Å². The van der Waals surface area contributed by atoms with Crippen LogP contribution in [0.3, 0.4) is 0 Å². The lowest BCUT2D eigenvalue weighted by molar-refractivity contribution is -0.127. The van der Waals surface area contributed by atoms with Gasteiger partial charge < -0.3 is 15.4 Å². The molecule has 1 aliphatic heterocycles. The van der Waals surface area contributed by atoms with Crippen molar-refractivity contribution in [3.63, 3.8) is 0 Å². The van der Waals surface area contributed by atoms with Crippen molar-refractivity contribution in [2.45, 2.75) is 17.4 Å². The van der Waals surface area contributed by atoms with Crippen LogP contribution in [0.25, 0.3) is 0 Å². The molecule has 0 aromatic heterocycles. The highest BCUT2D eigenvalue weighted by molar-refractivity contribution is 8.00. The summed E-state index contributed by atoms with van der Waals surface area (Å²) in [7, 11) is 1.64. The Morgan fingerprint density at radius 3 is 2.78 bits per heavy atom. The zero-order valence-corrected chi connectivity index (χ0v) is 11.3. The summed E-state index contributed by atoms with van der Waals surface area (Å²) in [5.74, 6) is 1.47. The van der Waals surface area contributed by atoms with Gasteiger partial charge in [0.15, 0.2) is 0 Å². The van der Waals surface area contributed by atoms with E-state index in [2.05, 4.69) is 0 Å². The van der Waals surface area contributed by atoms with Crippen molar-refractivity contribution in [1.82, 2.24) is 4.90 Å². The Hall–Kier alpha value is -1.20. The van der Waals surface area contributed by atoms with Gasteiger partial charge in [0.25, 0.3) is 0 Å². The summed E-state index contributed by atoms with van der Waals surface area (Å²) in [5, 5.41) is 0. The molecule has 0 unspecified atom stereocenters. The third kappa shape index (κ3) is 3.40. The molecule has 98 valence electrons. The minimum absolute atomic E-state index is 0.153. The molecule has 1 atom stereocenters. The van der Waals surface area contributed by atoms with Gasteiger partial charge in [0.05, 0.1) is 12.9 Å². The molecule has 18 heavy (non-hydrogen) atoms. The number of methoxy groups -OCH3 is 1. The molecule has 1 saturated heterocycles. The quantitative estimate of drug-likeness (QED) is 0.836. The van der Waals surface area contributed by atoms with Gasteiger partial charge in [0.1, 0.15) is 5.75 Å². The van der Waals surface area contributed by atoms with Crippen molar-refractivity contribution in [3.8, 4) is 5.75 Å². The van der Waals surface area contributed by atoms with Gasteiger partial charge in [0.2, 0.25) is 5.91 Å². The van der Waals surface area contributed by atoms with Gasteiger partial charge in [0, 0.05) is 24.0 Å². The Morgan fingerprint density at radius 2 is 2.22 bits per heavy atom. The van der Waals surface area contributed by atoms with Gasteiger partial charge in [-0.05, 0) is 30.7 Å². The SMILES string of the molecule is COc1ccc(SCC(=O)N2CC[C@@H](N)C2)cc1. The van der Waals surface area contributed by atoms with Crippen LogP contribution in [0.15, 0.2) is 29.2 Å². The highest BCUT2D eigenvalue weighted by Crippen LogP contribution is 2.22. The molecule has 0 aliphatic carbocycles. The zero-order valence-electron chi connectivity index (χ0n) is 10.5. The summed E-state index contributed by atoms with van der Waals surface area (Å²) in [6.45, 7) is 1.49. The lowest BCUT2D eigenvalue weighted by Gasteiger charge is -2.15. The van der Waals surface area contributed by atoms with Gasteiger partial charge >= 0.3 is 0 Å². The second-order valence-corrected chi connectivity index (χ2v) is 5.40. The van der Waals surface area contributed by atoms with Crippen LogP contribution in [0.1, 0.15) is 6.42 Å². The van der Waals surface area contributed by atoms with Crippen molar-refractivity contribution < 1.29 is 9.53 Å². The topological polar surface area (TPSA) is 55.6 Å². The summed E-state index contributed by atoms with van der Waals surface area (Å²) >= 11 is 1.55. The monoisotopic (exact) mass is 266 g/mol. The molecule has 1 amide bonds. The molecule has 0 radical (unpaired) electrons. The zero-order chi connectivity index (χ0) is 13.0. The average Bonchev–Trinajstić information content (AvgIpc) is 2.83. The minimum atomic E-state index is 0.153. The first-order chi connectivity index (χ1) is 8.69. The van der Waals surface area contributed by atoms with Gasteiger partial charge in [-0.1, -0.05) is 0 Å². The van der Waals surface area contributed by atoms with Crippen molar-refractivity contribution in [2.75, 3.05) is 26.0 Å². The molecule has 1 aromatic carbocycles. The molecule has 1 fully saturated rings. The Balaban J connectivity index is 1.81. The van der Waals surface area contributed by atoms with Crippen molar-refractivity contribution in [2.24, 2.45) is 5.73 Å². The average molecular weight is 266 g/mol. The van der Waals surface area contributed by atoms with Crippen LogP contribution in [-0.4, -0.2) is 42.8 Å². The maximum absolute atomic E-state index is 11.9. The number of benzene rings is 1. The number of hydrogen-bond acceptors (Lipinski definition) is 4. The van der Waals surface area contributed by atoms with E-state index in [0.29, 0.717) is 12.3 Å². The largest absolute Gasteiger partial charge is 0.497 e. The summed E-state index contributed by atoms with van der Waals surface area (Å²) in [5.41, 5.74) is 5.79. The number of ether oxygens (including phenoxy) is 1. The molecule has 1 heterocycles. The summed E-state index contributed by atoms with van der Waals surface area (Å²) in [4.78, 5) is 14.8. The molecule has 4 nitrogen and oxygen atoms in total. The van der Waals surface area contributed by atoms with Crippen LogP contribution in [0.5, 0.6) is 5.75 Å². The lowest BCUT2D eigenvalue weighted by atomic mass is 10.3. The number of nitrogens with two attached hydrogens (primary N) is 1. The third-order valence-corrected chi connectivity index (χ3v) is 4.00. The van der Waals surface area contributed by atoms with E-state index in [-0.39, 0.29) is 11.9 Å².